The first-order valence-corrected chi connectivity index (χ1v) is 2.83. The molecular formula is C5H12N2O. The van der Waals surface area contributed by atoms with Gasteiger partial charge in [-0.3, -0.25) is 0 Å². The zero-order chi connectivity index (χ0) is 6.20. The lowest BCUT2D eigenvalue weighted by Gasteiger charge is -2.40. The molecule has 1 aliphatic carbocycles. The van der Waals surface area contributed by atoms with Crippen LogP contribution >= 0.6 is 0 Å². The summed E-state index contributed by atoms with van der Waals surface area (Å²) in [5.41, 5.74) is 10.4. The Morgan fingerprint density at radius 3 is 2.12 bits per heavy atom. The van der Waals surface area contributed by atoms with Gasteiger partial charge in [-0.15, -0.1) is 0 Å². The van der Waals surface area contributed by atoms with Gasteiger partial charge in [-0.05, 0) is 18.8 Å². The Kier molecular flexibility index (Phi) is 1.27. The van der Waals surface area contributed by atoms with Gasteiger partial charge in [-0.1, -0.05) is 0 Å². The lowest BCUT2D eigenvalue weighted by molar-refractivity contribution is 0.0861. The van der Waals surface area contributed by atoms with Crippen molar-refractivity contribution in [1.82, 2.24) is 0 Å². The lowest BCUT2D eigenvalue weighted by Crippen LogP contribution is -2.59. The molecule has 0 aliphatic heterocycles. The molecule has 0 aromatic rings. The van der Waals surface area contributed by atoms with E-state index in [0.717, 1.165) is 12.8 Å². The number of hydrogen-bond donors (Lipinski definition) is 3. The van der Waals surface area contributed by atoms with Gasteiger partial charge in [0.15, 0.2) is 0 Å². The molecule has 0 aromatic heterocycles. The third-order valence-corrected chi connectivity index (χ3v) is 1.60. The second kappa shape index (κ2) is 1.69. The van der Waals surface area contributed by atoms with E-state index in [0.29, 0.717) is 5.92 Å². The van der Waals surface area contributed by atoms with Crippen molar-refractivity contribution < 1.29 is 5.11 Å². The highest BCUT2D eigenvalue weighted by molar-refractivity contribution is 4.92. The maximum Gasteiger partial charge on any atom is 0.0643 e. The quantitative estimate of drug-likeness (QED) is 0.385. The minimum Gasteiger partial charge on any atom is -0.396 e. The molecule has 3 heteroatoms. The first-order chi connectivity index (χ1) is 3.64. The van der Waals surface area contributed by atoms with Gasteiger partial charge in [0.05, 0.1) is 5.66 Å². The van der Waals surface area contributed by atoms with Crippen molar-refractivity contribution in [3.63, 3.8) is 0 Å². The highest BCUT2D eigenvalue weighted by Crippen LogP contribution is 2.30. The van der Waals surface area contributed by atoms with Gasteiger partial charge in [-0.2, -0.15) is 0 Å². The van der Waals surface area contributed by atoms with Gasteiger partial charge >= 0.3 is 0 Å². The molecule has 0 bridgehead atoms. The zero-order valence-electron chi connectivity index (χ0n) is 4.80. The van der Waals surface area contributed by atoms with E-state index in [4.69, 9.17) is 16.6 Å². The summed E-state index contributed by atoms with van der Waals surface area (Å²) in [5.74, 6) is 0.366. The Morgan fingerprint density at radius 2 is 2.00 bits per heavy atom. The summed E-state index contributed by atoms with van der Waals surface area (Å²) in [6, 6.07) is 0. The van der Waals surface area contributed by atoms with Crippen LogP contribution in [-0.4, -0.2) is 17.4 Å². The van der Waals surface area contributed by atoms with E-state index in [2.05, 4.69) is 0 Å². The number of aliphatic hydroxyl groups is 1. The molecular weight excluding hydrogens is 104 g/mol. The van der Waals surface area contributed by atoms with Crippen LogP contribution in [0, 0.1) is 5.92 Å². The van der Waals surface area contributed by atoms with Crippen LogP contribution in [0.2, 0.25) is 0 Å². The first kappa shape index (κ1) is 6.01. The highest BCUT2D eigenvalue weighted by atomic mass is 16.3. The lowest BCUT2D eigenvalue weighted by atomic mass is 9.76. The topological polar surface area (TPSA) is 72.3 Å². The van der Waals surface area contributed by atoms with E-state index in [1.165, 1.54) is 0 Å². The van der Waals surface area contributed by atoms with Crippen molar-refractivity contribution in [2.75, 3.05) is 6.61 Å². The van der Waals surface area contributed by atoms with Crippen molar-refractivity contribution in [3.8, 4) is 0 Å². The maximum absolute atomic E-state index is 8.51. The standard InChI is InChI=1S/C5H12N2O/c6-5(7)1-4(2-5)3-8/h4,8H,1-3,6-7H2. The van der Waals surface area contributed by atoms with Gasteiger partial charge in [0, 0.05) is 6.61 Å². The minimum atomic E-state index is -0.465. The molecule has 0 heterocycles. The second-order valence-corrected chi connectivity index (χ2v) is 2.69. The van der Waals surface area contributed by atoms with Crippen LogP contribution in [0.1, 0.15) is 12.8 Å². The summed E-state index contributed by atoms with van der Waals surface area (Å²) in [5, 5.41) is 8.51. The van der Waals surface area contributed by atoms with Gasteiger partial charge in [0.1, 0.15) is 0 Å². The Morgan fingerprint density at radius 1 is 1.50 bits per heavy atom. The molecule has 0 radical (unpaired) electrons. The third-order valence-electron chi connectivity index (χ3n) is 1.60. The van der Waals surface area contributed by atoms with Gasteiger partial charge in [0.25, 0.3) is 0 Å². The van der Waals surface area contributed by atoms with Crippen LogP contribution in [0.3, 0.4) is 0 Å². The van der Waals surface area contributed by atoms with Gasteiger partial charge in [0.2, 0.25) is 0 Å². The van der Waals surface area contributed by atoms with Crippen molar-refractivity contribution in [2.24, 2.45) is 17.4 Å². The SMILES string of the molecule is NC1(N)CC(CO)C1. The summed E-state index contributed by atoms with van der Waals surface area (Å²) in [6.45, 7) is 0.232. The molecule has 48 valence electrons. The number of rotatable bonds is 1. The number of nitrogens with two attached hydrogens (primary N) is 2. The largest absolute Gasteiger partial charge is 0.396 e. The molecule has 5 N–H and O–H groups in total. The molecule has 8 heavy (non-hydrogen) atoms. The third kappa shape index (κ3) is 0.992. The van der Waals surface area contributed by atoms with E-state index < -0.39 is 5.66 Å². The fourth-order valence-electron chi connectivity index (χ4n) is 1.14. The van der Waals surface area contributed by atoms with E-state index in [-0.39, 0.29) is 6.61 Å². The van der Waals surface area contributed by atoms with E-state index in [1.54, 1.807) is 0 Å². The molecule has 0 spiro atoms. The average Bonchev–Trinajstić information content (AvgIpc) is 1.60. The van der Waals surface area contributed by atoms with Gasteiger partial charge < -0.3 is 16.6 Å². The maximum atomic E-state index is 8.51. The summed E-state index contributed by atoms with van der Waals surface area (Å²) in [6.07, 6.45) is 1.53. The molecule has 0 unspecified atom stereocenters. The Bertz CT molecular complexity index is 84.4. The fraction of sp³-hybridized carbons (Fsp3) is 1.00. The van der Waals surface area contributed by atoms with E-state index in [1.807, 2.05) is 0 Å². The van der Waals surface area contributed by atoms with Crippen LogP contribution in [0.25, 0.3) is 0 Å². The molecule has 1 rings (SSSR count). The molecule has 0 amide bonds. The molecule has 1 aliphatic rings. The van der Waals surface area contributed by atoms with Crippen molar-refractivity contribution in [3.05, 3.63) is 0 Å². The smallest absolute Gasteiger partial charge is 0.0643 e. The normalized spacial score (nSPS) is 27.4. The molecule has 0 atom stereocenters. The van der Waals surface area contributed by atoms with E-state index in [9.17, 15) is 0 Å². The summed E-state index contributed by atoms with van der Waals surface area (Å²) >= 11 is 0. The van der Waals surface area contributed by atoms with Crippen molar-refractivity contribution in [1.29, 1.82) is 0 Å². The highest BCUT2D eigenvalue weighted by Gasteiger charge is 2.36. The van der Waals surface area contributed by atoms with Crippen LogP contribution in [-0.2, 0) is 0 Å². The van der Waals surface area contributed by atoms with Crippen LogP contribution < -0.4 is 11.5 Å². The van der Waals surface area contributed by atoms with Gasteiger partial charge in [-0.25, -0.2) is 0 Å². The van der Waals surface area contributed by atoms with Crippen LogP contribution in [0.4, 0.5) is 0 Å². The molecule has 1 fully saturated rings. The molecule has 3 nitrogen and oxygen atoms in total. The van der Waals surface area contributed by atoms with Crippen LogP contribution in [0.15, 0.2) is 0 Å². The number of hydrogen-bond acceptors (Lipinski definition) is 3. The van der Waals surface area contributed by atoms with Crippen LogP contribution in [0.5, 0.6) is 0 Å². The Balaban J connectivity index is 2.21. The monoisotopic (exact) mass is 116 g/mol. The number of aliphatic hydroxyl groups excluding tert-OH is 1. The summed E-state index contributed by atoms with van der Waals surface area (Å²) in [7, 11) is 0. The predicted molar refractivity (Wildman–Crippen MR) is 30.9 cm³/mol. The average molecular weight is 116 g/mol. The summed E-state index contributed by atoms with van der Waals surface area (Å²) in [4.78, 5) is 0. The predicted octanol–water partition coefficient (Wildman–Crippen LogP) is -0.998. The molecule has 0 saturated heterocycles. The summed E-state index contributed by atoms with van der Waals surface area (Å²) < 4.78 is 0. The molecule has 0 aromatic carbocycles. The fourth-order valence-corrected chi connectivity index (χ4v) is 1.14. The van der Waals surface area contributed by atoms with Crippen molar-refractivity contribution in [2.45, 2.75) is 18.5 Å². The van der Waals surface area contributed by atoms with E-state index >= 15 is 0 Å². The molecule has 1 saturated carbocycles. The second-order valence-electron chi connectivity index (χ2n) is 2.69. The van der Waals surface area contributed by atoms with Crippen molar-refractivity contribution >= 4 is 0 Å². The first-order valence-electron chi connectivity index (χ1n) is 2.83. The Labute approximate surface area is 48.7 Å². The zero-order valence-corrected chi connectivity index (χ0v) is 4.80. The Hall–Kier alpha value is -0.120. The minimum absolute atomic E-state index is 0.232.